The molecule has 1 aliphatic heterocycles. The van der Waals surface area contributed by atoms with Gasteiger partial charge < -0.3 is 19.9 Å². The maximum absolute atomic E-state index is 13.9. The normalized spacial score (nSPS) is 29.0. The molecule has 2 heterocycles. The van der Waals surface area contributed by atoms with Crippen molar-refractivity contribution in [3.05, 3.63) is 29.5 Å². The molecule has 5 rings (SSSR count). The third-order valence-corrected chi connectivity index (χ3v) is 9.52. The number of methoxy groups -OCH3 is 1. The minimum absolute atomic E-state index is 0.0817. The second-order valence-corrected chi connectivity index (χ2v) is 11.8. The van der Waals surface area contributed by atoms with Crippen LogP contribution in [0.3, 0.4) is 0 Å². The molecule has 2 aliphatic carbocycles. The Kier molecular flexibility index (Phi) is 5.75. The Morgan fingerprint density at radius 2 is 1.97 bits per heavy atom. The number of amides is 1. The van der Waals surface area contributed by atoms with E-state index in [1.54, 1.807) is 7.11 Å². The molecule has 1 aromatic carbocycles. The third-order valence-electron chi connectivity index (χ3n) is 9.52. The number of rotatable bonds is 6. The lowest BCUT2D eigenvalue weighted by molar-refractivity contribution is 0.0738. The maximum atomic E-state index is 13.9. The van der Waals surface area contributed by atoms with Gasteiger partial charge in [-0.2, -0.15) is 0 Å². The van der Waals surface area contributed by atoms with Gasteiger partial charge in [-0.05, 0) is 87.3 Å². The summed E-state index contributed by atoms with van der Waals surface area (Å²) in [5, 5.41) is 8.03. The van der Waals surface area contributed by atoms with Crippen LogP contribution >= 0.6 is 0 Å². The summed E-state index contributed by atoms with van der Waals surface area (Å²) in [7, 11) is 1.73. The molecule has 3 atom stereocenters. The van der Waals surface area contributed by atoms with Crippen LogP contribution in [0, 0.1) is 29.6 Å². The van der Waals surface area contributed by atoms with E-state index in [-0.39, 0.29) is 22.8 Å². The zero-order valence-corrected chi connectivity index (χ0v) is 21.1. The van der Waals surface area contributed by atoms with Gasteiger partial charge in [0.25, 0.3) is 5.91 Å². The van der Waals surface area contributed by atoms with Gasteiger partial charge in [-0.3, -0.25) is 4.79 Å². The van der Waals surface area contributed by atoms with Gasteiger partial charge in [0.2, 0.25) is 0 Å². The summed E-state index contributed by atoms with van der Waals surface area (Å²) in [6.07, 6.45) is 7.36. The molecule has 2 aromatic rings. The molecule has 5 heteroatoms. The molecule has 180 valence electrons. The SMILES string of the molecule is COc1cccc2c(C(=O)NC3C4(C)CCC(C4)C3(C)C)c(C)n(CCC3CCNCC3)c12. The van der Waals surface area contributed by atoms with Gasteiger partial charge in [-0.25, -0.2) is 0 Å². The molecule has 3 unspecified atom stereocenters. The Morgan fingerprint density at radius 3 is 2.64 bits per heavy atom. The number of aryl methyl sites for hydroxylation is 1. The molecule has 0 radical (unpaired) electrons. The monoisotopic (exact) mass is 451 g/mol. The summed E-state index contributed by atoms with van der Waals surface area (Å²) < 4.78 is 8.11. The number of hydrogen-bond donors (Lipinski definition) is 2. The fourth-order valence-electron chi connectivity index (χ4n) is 7.58. The average Bonchev–Trinajstić information content (AvgIpc) is 3.39. The van der Waals surface area contributed by atoms with Gasteiger partial charge in [-0.1, -0.05) is 32.9 Å². The molecule has 3 fully saturated rings. The van der Waals surface area contributed by atoms with Crippen molar-refractivity contribution >= 4 is 16.8 Å². The zero-order chi connectivity index (χ0) is 23.4. The number of nitrogens with one attached hydrogen (secondary N) is 2. The Bertz CT molecular complexity index is 1040. The average molecular weight is 452 g/mol. The van der Waals surface area contributed by atoms with Crippen LogP contribution in [0.1, 0.15) is 75.3 Å². The minimum Gasteiger partial charge on any atom is -0.495 e. The molecule has 2 saturated carbocycles. The molecular weight excluding hydrogens is 410 g/mol. The molecule has 2 N–H and O–H groups in total. The highest BCUT2D eigenvalue weighted by Crippen LogP contribution is 2.62. The van der Waals surface area contributed by atoms with E-state index in [0.717, 1.165) is 59.9 Å². The summed E-state index contributed by atoms with van der Waals surface area (Å²) in [6, 6.07) is 6.34. The minimum atomic E-state index is 0.0817. The van der Waals surface area contributed by atoms with Crippen molar-refractivity contribution in [2.24, 2.45) is 22.7 Å². The number of benzene rings is 1. The number of carbonyl (C=O) groups excluding carboxylic acids is 1. The molecule has 1 aromatic heterocycles. The highest BCUT2D eigenvalue weighted by molar-refractivity contribution is 6.09. The molecular formula is C28H41N3O2. The van der Waals surface area contributed by atoms with E-state index >= 15 is 0 Å². The van der Waals surface area contributed by atoms with Crippen LogP contribution < -0.4 is 15.4 Å². The Morgan fingerprint density at radius 1 is 1.21 bits per heavy atom. The highest BCUT2D eigenvalue weighted by atomic mass is 16.5. The molecule has 3 aliphatic rings. The molecule has 1 amide bonds. The number of carbonyl (C=O) groups is 1. The van der Waals surface area contributed by atoms with Crippen LogP contribution in [0.2, 0.25) is 0 Å². The first kappa shape index (κ1) is 22.8. The number of fused-ring (bicyclic) bond motifs is 3. The van der Waals surface area contributed by atoms with E-state index in [1.807, 2.05) is 12.1 Å². The first-order chi connectivity index (χ1) is 15.8. The van der Waals surface area contributed by atoms with E-state index in [4.69, 9.17) is 4.74 Å². The van der Waals surface area contributed by atoms with Crippen LogP contribution in [0.15, 0.2) is 18.2 Å². The van der Waals surface area contributed by atoms with E-state index in [9.17, 15) is 4.79 Å². The van der Waals surface area contributed by atoms with E-state index in [0.29, 0.717) is 5.92 Å². The topological polar surface area (TPSA) is 55.3 Å². The fraction of sp³-hybridized carbons (Fsp3) is 0.679. The summed E-state index contributed by atoms with van der Waals surface area (Å²) in [5.74, 6) is 2.38. The summed E-state index contributed by atoms with van der Waals surface area (Å²) in [6.45, 7) is 12.4. The fourth-order valence-corrected chi connectivity index (χ4v) is 7.58. The van der Waals surface area contributed by atoms with E-state index in [1.165, 1.54) is 32.1 Å². The standard InChI is InChI=1S/C28H41N3O2/c1-18-23(25(32)30-26-27(2,3)20-9-13-28(26,4)17-20)21-7-6-8-22(33-5)24(21)31(18)16-12-19-10-14-29-15-11-19/h6-8,19-20,26,29H,9-17H2,1-5H3,(H,30,32). The second kappa shape index (κ2) is 8.33. The maximum Gasteiger partial charge on any atom is 0.253 e. The summed E-state index contributed by atoms with van der Waals surface area (Å²) in [4.78, 5) is 13.9. The quantitative estimate of drug-likeness (QED) is 0.627. The van der Waals surface area contributed by atoms with Crippen molar-refractivity contribution in [2.75, 3.05) is 20.2 Å². The first-order valence-electron chi connectivity index (χ1n) is 12.9. The van der Waals surface area contributed by atoms with E-state index < -0.39 is 0 Å². The zero-order valence-electron chi connectivity index (χ0n) is 21.1. The van der Waals surface area contributed by atoms with E-state index in [2.05, 4.69) is 49.0 Å². The smallest absolute Gasteiger partial charge is 0.253 e. The Balaban J connectivity index is 1.49. The molecule has 0 spiro atoms. The largest absolute Gasteiger partial charge is 0.495 e. The van der Waals surface area contributed by atoms with Crippen LogP contribution in [-0.2, 0) is 6.54 Å². The van der Waals surface area contributed by atoms with Gasteiger partial charge >= 0.3 is 0 Å². The number of aromatic nitrogens is 1. The molecule has 1 saturated heterocycles. The van der Waals surface area contributed by atoms with Gasteiger partial charge in [0.1, 0.15) is 5.75 Å². The first-order valence-corrected chi connectivity index (χ1v) is 12.9. The number of hydrogen-bond acceptors (Lipinski definition) is 3. The van der Waals surface area contributed by atoms with Crippen molar-refractivity contribution in [2.45, 2.75) is 78.8 Å². The van der Waals surface area contributed by atoms with Gasteiger partial charge in [0, 0.05) is 23.7 Å². The number of piperidine rings is 1. The summed E-state index contributed by atoms with van der Waals surface area (Å²) in [5.41, 5.74) is 3.31. The van der Waals surface area contributed by atoms with Crippen LogP contribution in [0.25, 0.3) is 10.9 Å². The van der Waals surface area contributed by atoms with Gasteiger partial charge in [0.15, 0.2) is 0 Å². The van der Waals surface area contributed by atoms with Crippen LogP contribution in [0.5, 0.6) is 5.75 Å². The predicted octanol–water partition coefficient (Wildman–Crippen LogP) is 5.29. The van der Waals surface area contributed by atoms with Crippen molar-refractivity contribution in [1.82, 2.24) is 15.2 Å². The number of para-hydroxylation sites is 1. The predicted molar refractivity (Wildman–Crippen MR) is 134 cm³/mol. The lowest BCUT2D eigenvalue weighted by atomic mass is 9.68. The number of ether oxygens (including phenoxy) is 1. The lowest BCUT2D eigenvalue weighted by Gasteiger charge is -2.43. The Hall–Kier alpha value is -2.01. The van der Waals surface area contributed by atoms with Gasteiger partial charge in [-0.15, -0.1) is 0 Å². The number of nitrogens with zero attached hydrogens (tertiary/aromatic N) is 1. The Labute approximate surface area is 198 Å². The van der Waals surface area contributed by atoms with Crippen molar-refractivity contribution in [3.63, 3.8) is 0 Å². The second-order valence-electron chi connectivity index (χ2n) is 11.8. The van der Waals surface area contributed by atoms with Crippen molar-refractivity contribution < 1.29 is 9.53 Å². The van der Waals surface area contributed by atoms with Crippen molar-refractivity contribution in [1.29, 1.82) is 0 Å². The summed E-state index contributed by atoms with van der Waals surface area (Å²) >= 11 is 0. The molecule has 5 nitrogen and oxygen atoms in total. The molecule has 2 bridgehead atoms. The van der Waals surface area contributed by atoms with Gasteiger partial charge in [0.05, 0.1) is 18.2 Å². The van der Waals surface area contributed by atoms with Crippen molar-refractivity contribution in [3.8, 4) is 5.75 Å². The lowest BCUT2D eigenvalue weighted by Crippen LogP contribution is -2.52. The highest BCUT2D eigenvalue weighted by Gasteiger charge is 2.59. The van der Waals surface area contributed by atoms with Crippen LogP contribution in [0.4, 0.5) is 0 Å². The third kappa shape index (κ3) is 3.67. The van der Waals surface area contributed by atoms with Crippen LogP contribution in [-0.4, -0.2) is 36.7 Å². The molecule has 33 heavy (non-hydrogen) atoms.